The number of hydrogen-bond acceptors (Lipinski definition) is 10. The van der Waals surface area contributed by atoms with Crippen molar-refractivity contribution in [2.24, 2.45) is 17.8 Å². The number of carbonyl (C=O) groups is 3. The van der Waals surface area contributed by atoms with Crippen molar-refractivity contribution in [3.05, 3.63) is 35.9 Å². The first kappa shape index (κ1) is 36.7. The van der Waals surface area contributed by atoms with Gasteiger partial charge >= 0.3 is 18.0 Å². The highest BCUT2D eigenvalue weighted by Gasteiger charge is 2.50. The number of ether oxygens (including phenoxy) is 7. The van der Waals surface area contributed by atoms with Crippen LogP contribution in [-0.2, 0) is 49.4 Å². The summed E-state index contributed by atoms with van der Waals surface area (Å²) in [7, 11) is 0. The molecule has 0 radical (unpaired) electrons. The topological polar surface area (TPSA) is 128 Å². The Kier molecular flexibility index (Phi) is 15.0. The highest BCUT2D eigenvalue weighted by Crippen LogP contribution is 2.39. The predicted molar refractivity (Wildman–Crippen MR) is 166 cm³/mol. The molecule has 45 heavy (non-hydrogen) atoms. The molecule has 1 aromatic rings. The van der Waals surface area contributed by atoms with E-state index in [-0.39, 0.29) is 36.6 Å². The van der Waals surface area contributed by atoms with E-state index < -0.39 is 48.9 Å². The molecule has 0 aliphatic carbocycles. The fourth-order valence-corrected chi connectivity index (χ4v) is 6.04. The van der Waals surface area contributed by atoms with Crippen LogP contribution in [0.15, 0.2) is 30.3 Å². The van der Waals surface area contributed by atoms with E-state index in [0.717, 1.165) is 31.2 Å². The summed E-state index contributed by atoms with van der Waals surface area (Å²) in [5.74, 6) is -0.926. The third-order valence-corrected chi connectivity index (χ3v) is 8.78. The maximum Gasteiger partial charge on any atom is 0.407 e. The highest BCUT2D eigenvalue weighted by atomic mass is 16.7. The zero-order chi connectivity index (χ0) is 32.9. The van der Waals surface area contributed by atoms with Crippen molar-refractivity contribution < 1.29 is 47.5 Å². The smallest absolute Gasteiger partial charge is 0.407 e. The number of carbonyl (C=O) groups excluding carboxylic acids is 3. The summed E-state index contributed by atoms with van der Waals surface area (Å²) in [4.78, 5) is 36.1. The van der Waals surface area contributed by atoms with E-state index in [0.29, 0.717) is 19.6 Å². The third kappa shape index (κ3) is 10.9. The van der Waals surface area contributed by atoms with Crippen LogP contribution in [0.2, 0.25) is 0 Å². The van der Waals surface area contributed by atoms with Crippen molar-refractivity contribution in [3.63, 3.8) is 0 Å². The monoisotopic (exact) mass is 635 g/mol. The molecule has 11 nitrogen and oxygen atoms in total. The number of alkyl carbamates (subject to hydrolysis) is 1. The van der Waals surface area contributed by atoms with E-state index in [1.165, 1.54) is 13.8 Å². The van der Waals surface area contributed by atoms with Crippen LogP contribution >= 0.6 is 0 Å². The molecule has 0 aromatic heterocycles. The summed E-state index contributed by atoms with van der Waals surface area (Å²) >= 11 is 0. The molecule has 1 aromatic carbocycles. The second-order valence-electron chi connectivity index (χ2n) is 12.1. The molecular formula is C34H53NO10. The van der Waals surface area contributed by atoms with Crippen LogP contribution in [0.3, 0.4) is 0 Å². The van der Waals surface area contributed by atoms with Gasteiger partial charge in [-0.15, -0.1) is 0 Å². The van der Waals surface area contributed by atoms with Crippen molar-refractivity contribution in [1.29, 1.82) is 0 Å². The third-order valence-electron chi connectivity index (χ3n) is 8.78. The lowest BCUT2D eigenvalue weighted by molar-refractivity contribution is -0.341. The lowest BCUT2D eigenvalue weighted by atomic mass is 9.82. The summed E-state index contributed by atoms with van der Waals surface area (Å²) in [6.07, 6.45) is -0.453. The molecule has 3 rings (SSSR count). The number of rotatable bonds is 15. The van der Waals surface area contributed by atoms with Gasteiger partial charge < -0.3 is 38.5 Å². The molecule has 1 N–H and O–H groups in total. The van der Waals surface area contributed by atoms with Gasteiger partial charge in [-0.05, 0) is 43.6 Å². The first-order valence-corrected chi connectivity index (χ1v) is 16.4. The molecule has 10 atom stereocenters. The van der Waals surface area contributed by atoms with Gasteiger partial charge in [-0.25, -0.2) is 4.79 Å². The van der Waals surface area contributed by atoms with Crippen LogP contribution in [0.1, 0.15) is 86.1 Å². The number of unbranched alkanes of at least 4 members (excludes halogenated alkanes) is 2. The van der Waals surface area contributed by atoms with E-state index in [9.17, 15) is 14.4 Å². The minimum atomic E-state index is -0.783. The zero-order valence-electron chi connectivity index (χ0n) is 27.9. The van der Waals surface area contributed by atoms with Crippen molar-refractivity contribution in [3.8, 4) is 0 Å². The Hall–Kier alpha value is -2.73. The number of hydrogen-bond donors (Lipinski definition) is 1. The van der Waals surface area contributed by atoms with Crippen molar-refractivity contribution in [1.82, 2.24) is 5.32 Å². The molecule has 2 saturated heterocycles. The lowest BCUT2D eigenvalue weighted by Crippen LogP contribution is -2.60. The number of esters is 2. The average Bonchev–Trinajstić information content (AvgIpc) is 3.01. The first-order chi connectivity index (χ1) is 21.5. The molecule has 2 aliphatic heterocycles. The molecule has 0 saturated carbocycles. The number of amides is 1. The Bertz CT molecular complexity index is 1050. The van der Waals surface area contributed by atoms with Crippen LogP contribution in [0, 0.1) is 17.8 Å². The van der Waals surface area contributed by atoms with Gasteiger partial charge in [0.25, 0.3) is 0 Å². The van der Waals surface area contributed by atoms with Gasteiger partial charge in [-0.3, -0.25) is 9.59 Å². The molecule has 254 valence electrons. The van der Waals surface area contributed by atoms with Gasteiger partial charge in [0.05, 0.1) is 18.3 Å². The van der Waals surface area contributed by atoms with Crippen LogP contribution in [-0.4, -0.2) is 74.3 Å². The predicted octanol–water partition coefficient (Wildman–Crippen LogP) is 5.53. The normalized spacial score (nSPS) is 31.5. The van der Waals surface area contributed by atoms with E-state index in [2.05, 4.69) is 26.1 Å². The molecule has 2 heterocycles. The Morgan fingerprint density at radius 3 is 2.00 bits per heavy atom. The average molecular weight is 636 g/mol. The minimum Gasteiger partial charge on any atom is -0.457 e. The molecule has 4 unspecified atom stereocenters. The molecular weight excluding hydrogens is 582 g/mol. The molecule has 11 heteroatoms. The van der Waals surface area contributed by atoms with E-state index in [4.69, 9.17) is 33.2 Å². The quantitative estimate of drug-likeness (QED) is 0.149. The Balaban J connectivity index is 1.52. The van der Waals surface area contributed by atoms with Gasteiger partial charge in [0, 0.05) is 38.8 Å². The van der Waals surface area contributed by atoms with Crippen molar-refractivity contribution in [2.75, 3.05) is 13.2 Å². The molecule has 0 spiro atoms. The summed E-state index contributed by atoms with van der Waals surface area (Å²) in [5, 5.41) is 2.77. The van der Waals surface area contributed by atoms with Crippen molar-refractivity contribution >= 4 is 18.0 Å². The number of benzene rings is 1. The Morgan fingerprint density at radius 1 is 0.756 bits per heavy atom. The second kappa shape index (κ2) is 18.4. The second-order valence-corrected chi connectivity index (χ2v) is 12.1. The fraction of sp³-hybridized carbons (Fsp3) is 0.735. The lowest BCUT2D eigenvalue weighted by Gasteiger charge is -2.49. The summed E-state index contributed by atoms with van der Waals surface area (Å²) in [6.45, 7) is 14.0. The van der Waals surface area contributed by atoms with Crippen LogP contribution < -0.4 is 5.32 Å². The minimum absolute atomic E-state index is 0.0213. The molecule has 1 amide bonds. The fourth-order valence-electron chi connectivity index (χ4n) is 6.04. The van der Waals surface area contributed by atoms with Gasteiger partial charge in [-0.2, -0.15) is 0 Å². The van der Waals surface area contributed by atoms with E-state index in [1.54, 1.807) is 0 Å². The first-order valence-electron chi connectivity index (χ1n) is 16.4. The van der Waals surface area contributed by atoms with Crippen molar-refractivity contribution in [2.45, 2.75) is 130 Å². The Labute approximate surface area is 267 Å². The molecule has 2 fully saturated rings. The SMILES string of the molecule is CCC1O[C@@H](O[C@@H]2C(CC)O[C@@H](OCCCCCNC(=O)OCc3ccccc3)C(OC(C)=O)[C@H]2C)C(OC(C)=O)[C@@H](C)[C@@H]1C. The van der Waals surface area contributed by atoms with Gasteiger partial charge in [-0.1, -0.05) is 65.0 Å². The summed E-state index contributed by atoms with van der Waals surface area (Å²) in [6, 6.07) is 9.52. The standard InChI is InChI=1S/C34H53NO10/c1-8-27-21(3)22(4)30(41-24(6)36)33(43-27)45-29-23(5)31(42-25(7)37)32(44-28(29)9-2)39-19-15-11-14-18-35-34(38)40-20-26-16-12-10-13-17-26/h10,12-13,16-17,21-23,27-33H,8-9,11,14-15,18-20H2,1-7H3,(H,35,38)/t21-,22-,23-,27?,28?,29-,30?,31?,32+,33-/m0/s1. The van der Waals surface area contributed by atoms with Gasteiger partial charge in [0.1, 0.15) is 6.61 Å². The molecule has 2 aliphatic rings. The zero-order valence-corrected chi connectivity index (χ0v) is 27.9. The summed E-state index contributed by atoms with van der Waals surface area (Å²) < 4.78 is 42.1. The molecule has 0 bridgehead atoms. The summed E-state index contributed by atoms with van der Waals surface area (Å²) in [5.41, 5.74) is 0.933. The van der Waals surface area contributed by atoms with Crippen LogP contribution in [0.25, 0.3) is 0 Å². The maximum atomic E-state index is 12.1. The van der Waals surface area contributed by atoms with Gasteiger partial charge in [0.2, 0.25) is 0 Å². The van der Waals surface area contributed by atoms with Gasteiger partial charge in [0.15, 0.2) is 24.8 Å². The largest absolute Gasteiger partial charge is 0.457 e. The van der Waals surface area contributed by atoms with E-state index >= 15 is 0 Å². The number of nitrogens with one attached hydrogen (secondary N) is 1. The van der Waals surface area contributed by atoms with Crippen LogP contribution in [0.4, 0.5) is 4.79 Å². The maximum absolute atomic E-state index is 12.1. The van der Waals surface area contributed by atoms with Crippen LogP contribution in [0.5, 0.6) is 0 Å². The Morgan fingerprint density at radius 2 is 1.38 bits per heavy atom. The van der Waals surface area contributed by atoms with E-state index in [1.807, 2.05) is 44.2 Å². The highest BCUT2D eigenvalue weighted by molar-refractivity contribution is 5.67.